The molecule has 0 spiro atoms. The van der Waals surface area contributed by atoms with E-state index in [1.165, 1.54) is 21.9 Å². The number of hydrogen-bond donors (Lipinski definition) is 2. The van der Waals surface area contributed by atoms with Crippen LogP contribution in [0.4, 0.5) is 5.00 Å². The second-order valence-electron chi connectivity index (χ2n) is 6.75. The number of primary amides is 1. The van der Waals surface area contributed by atoms with Gasteiger partial charge in [0.15, 0.2) is 0 Å². The molecule has 2 aromatic heterocycles. The number of anilines is 1. The maximum absolute atomic E-state index is 12.6. The Morgan fingerprint density at radius 1 is 1.36 bits per heavy atom. The zero-order chi connectivity index (χ0) is 17.6. The van der Waals surface area contributed by atoms with Gasteiger partial charge in [-0.25, -0.2) is 0 Å². The number of carbonyl (C=O) groups is 2. The molecule has 7 heteroatoms. The molecule has 0 saturated carbocycles. The van der Waals surface area contributed by atoms with E-state index in [-0.39, 0.29) is 11.9 Å². The molecule has 0 aromatic carbocycles. The Bertz CT molecular complexity index is 838. The summed E-state index contributed by atoms with van der Waals surface area (Å²) in [5.41, 5.74) is 8.35. The van der Waals surface area contributed by atoms with Crippen molar-refractivity contribution in [2.24, 2.45) is 5.73 Å². The van der Waals surface area contributed by atoms with E-state index >= 15 is 0 Å². The van der Waals surface area contributed by atoms with Crippen LogP contribution in [0.5, 0.6) is 0 Å². The van der Waals surface area contributed by atoms with Crippen molar-refractivity contribution >= 4 is 28.2 Å². The van der Waals surface area contributed by atoms with Gasteiger partial charge in [-0.05, 0) is 43.9 Å². The highest BCUT2D eigenvalue weighted by molar-refractivity contribution is 7.17. The third-order valence-electron chi connectivity index (χ3n) is 5.24. The van der Waals surface area contributed by atoms with E-state index in [9.17, 15) is 9.59 Å². The molecule has 0 unspecified atom stereocenters. The number of fused-ring (bicyclic) bond motifs is 2. The number of hydrogen-bond acceptors (Lipinski definition) is 4. The molecule has 1 atom stereocenters. The van der Waals surface area contributed by atoms with E-state index in [2.05, 4.69) is 34.0 Å². The van der Waals surface area contributed by atoms with Gasteiger partial charge in [0.2, 0.25) is 5.91 Å². The first kappa shape index (κ1) is 16.4. The number of aryl methyl sites for hydroxylation is 1. The lowest BCUT2D eigenvalue weighted by molar-refractivity contribution is -0.118. The molecule has 1 aliphatic carbocycles. The van der Waals surface area contributed by atoms with Crippen molar-refractivity contribution in [3.63, 3.8) is 0 Å². The third-order valence-corrected chi connectivity index (χ3v) is 6.44. The molecule has 2 aromatic rings. The van der Waals surface area contributed by atoms with Crippen molar-refractivity contribution in [1.29, 1.82) is 0 Å². The first-order chi connectivity index (χ1) is 12.0. The first-order valence-electron chi connectivity index (χ1n) is 8.68. The van der Waals surface area contributed by atoms with Crippen molar-refractivity contribution in [1.82, 2.24) is 9.47 Å². The number of nitrogens with one attached hydrogen (secondary N) is 1. The molecule has 0 saturated heterocycles. The molecule has 132 valence electrons. The van der Waals surface area contributed by atoms with Gasteiger partial charge in [-0.3, -0.25) is 14.5 Å². The second kappa shape index (κ2) is 6.31. The zero-order valence-electron chi connectivity index (χ0n) is 14.2. The molecule has 4 rings (SSSR count). The maximum Gasteiger partial charge on any atom is 0.251 e. The van der Waals surface area contributed by atoms with Crippen LogP contribution < -0.4 is 11.1 Å². The molecule has 2 amide bonds. The lowest BCUT2D eigenvalue weighted by Gasteiger charge is -2.34. The van der Waals surface area contributed by atoms with E-state index in [4.69, 9.17) is 5.73 Å². The van der Waals surface area contributed by atoms with Crippen LogP contribution in [0.2, 0.25) is 0 Å². The van der Waals surface area contributed by atoms with Gasteiger partial charge in [0.05, 0.1) is 12.1 Å². The van der Waals surface area contributed by atoms with Crippen molar-refractivity contribution in [3.8, 4) is 0 Å². The topological polar surface area (TPSA) is 80.4 Å². The van der Waals surface area contributed by atoms with Gasteiger partial charge in [0, 0.05) is 35.9 Å². The van der Waals surface area contributed by atoms with Crippen LogP contribution >= 0.6 is 11.3 Å². The van der Waals surface area contributed by atoms with Crippen LogP contribution in [-0.2, 0) is 24.2 Å². The van der Waals surface area contributed by atoms with Crippen molar-refractivity contribution in [3.05, 3.63) is 40.0 Å². The predicted octanol–water partition coefficient (Wildman–Crippen LogP) is 2.15. The summed E-state index contributed by atoms with van der Waals surface area (Å²) in [7, 11) is 0. The monoisotopic (exact) mass is 358 g/mol. The van der Waals surface area contributed by atoms with Gasteiger partial charge < -0.3 is 15.6 Å². The average Bonchev–Trinajstić information content (AvgIpc) is 3.24. The van der Waals surface area contributed by atoms with E-state index in [1.807, 2.05) is 6.07 Å². The molecule has 0 bridgehead atoms. The highest BCUT2D eigenvalue weighted by Crippen LogP contribution is 2.38. The van der Waals surface area contributed by atoms with Gasteiger partial charge in [-0.1, -0.05) is 0 Å². The quantitative estimate of drug-likeness (QED) is 0.879. The molecule has 6 nitrogen and oxygen atoms in total. The number of carbonyl (C=O) groups excluding carboxylic acids is 2. The summed E-state index contributed by atoms with van der Waals surface area (Å²) in [5.74, 6) is -0.534. The molecular weight excluding hydrogens is 336 g/mol. The standard InChI is InChI=1S/C18H22N4O2S/c1-11-13-5-3-7-21(13)8-9-22(11)10-15(23)20-18-16(17(19)24)12-4-2-6-14(12)25-18/h3,5,7,11H,2,4,6,8-10H2,1H3,(H2,19,24)(H,20,23)/t11-/m1/s1. The Balaban J connectivity index is 1.48. The summed E-state index contributed by atoms with van der Waals surface area (Å²) in [4.78, 5) is 27.8. The summed E-state index contributed by atoms with van der Waals surface area (Å²) < 4.78 is 2.23. The van der Waals surface area contributed by atoms with Gasteiger partial charge in [-0.2, -0.15) is 0 Å². The Morgan fingerprint density at radius 3 is 3.00 bits per heavy atom. The van der Waals surface area contributed by atoms with E-state index in [0.29, 0.717) is 17.1 Å². The number of thiophene rings is 1. The predicted molar refractivity (Wildman–Crippen MR) is 97.9 cm³/mol. The molecule has 3 N–H and O–H groups in total. The molecule has 2 aliphatic rings. The van der Waals surface area contributed by atoms with Gasteiger partial charge in [0.25, 0.3) is 5.91 Å². The number of aromatic nitrogens is 1. The molecule has 0 fully saturated rings. The Morgan fingerprint density at radius 2 is 2.20 bits per heavy atom. The lowest BCUT2D eigenvalue weighted by atomic mass is 10.1. The van der Waals surface area contributed by atoms with Gasteiger partial charge >= 0.3 is 0 Å². The van der Waals surface area contributed by atoms with Crippen molar-refractivity contribution in [2.45, 2.75) is 38.8 Å². The lowest BCUT2D eigenvalue weighted by Crippen LogP contribution is -2.41. The number of nitrogens with two attached hydrogens (primary N) is 1. The van der Waals surface area contributed by atoms with Crippen LogP contribution in [-0.4, -0.2) is 34.4 Å². The SMILES string of the molecule is C[C@@H]1c2cccn2CCN1CC(=O)Nc1sc2c(c1C(N)=O)CCC2. The van der Waals surface area contributed by atoms with Crippen LogP contribution in [0.1, 0.15) is 45.9 Å². The van der Waals surface area contributed by atoms with Crippen LogP contribution in [0, 0.1) is 0 Å². The number of nitrogens with zero attached hydrogens (tertiary/aromatic N) is 2. The molecular formula is C18H22N4O2S. The summed E-state index contributed by atoms with van der Waals surface area (Å²) in [5, 5.41) is 3.56. The minimum Gasteiger partial charge on any atom is -0.365 e. The maximum atomic E-state index is 12.6. The molecule has 1 aliphatic heterocycles. The number of amides is 2. The van der Waals surface area contributed by atoms with Crippen LogP contribution in [0.3, 0.4) is 0 Å². The fraction of sp³-hybridized carbons (Fsp3) is 0.444. The van der Waals surface area contributed by atoms with Gasteiger partial charge in [0.1, 0.15) is 5.00 Å². The van der Waals surface area contributed by atoms with Crippen LogP contribution in [0.15, 0.2) is 18.3 Å². The Hall–Kier alpha value is -2.12. The summed E-state index contributed by atoms with van der Waals surface area (Å²) in [6.45, 7) is 4.15. The van der Waals surface area contributed by atoms with Gasteiger partial charge in [-0.15, -0.1) is 11.3 Å². The normalized spacial score (nSPS) is 19.5. The molecule has 25 heavy (non-hydrogen) atoms. The molecule has 3 heterocycles. The Kier molecular flexibility index (Phi) is 4.13. The highest BCUT2D eigenvalue weighted by atomic mass is 32.1. The fourth-order valence-corrected chi connectivity index (χ4v) is 5.26. The number of rotatable bonds is 4. The fourth-order valence-electron chi connectivity index (χ4n) is 3.95. The van der Waals surface area contributed by atoms with Crippen molar-refractivity contribution < 1.29 is 9.59 Å². The average molecular weight is 358 g/mol. The summed E-state index contributed by atoms with van der Waals surface area (Å²) >= 11 is 1.50. The van der Waals surface area contributed by atoms with Crippen LogP contribution in [0.25, 0.3) is 0 Å². The zero-order valence-corrected chi connectivity index (χ0v) is 15.1. The van der Waals surface area contributed by atoms with E-state index in [1.54, 1.807) is 0 Å². The smallest absolute Gasteiger partial charge is 0.251 e. The Labute approximate surface area is 150 Å². The first-order valence-corrected chi connectivity index (χ1v) is 9.49. The minimum atomic E-state index is -0.445. The highest BCUT2D eigenvalue weighted by Gasteiger charge is 2.28. The summed E-state index contributed by atoms with van der Waals surface area (Å²) in [6.07, 6.45) is 4.98. The van der Waals surface area contributed by atoms with E-state index < -0.39 is 5.91 Å². The summed E-state index contributed by atoms with van der Waals surface area (Å²) in [6, 6.07) is 4.34. The largest absolute Gasteiger partial charge is 0.365 e. The second-order valence-corrected chi connectivity index (χ2v) is 7.85. The molecule has 0 radical (unpaired) electrons. The van der Waals surface area contributed by atoms with Crippen molar-refractivity contribution in [2.75, 3.05) is 18.4 Å². The minimum absolute atomic E-state index is 0.0886. The van der Waals surface area contributed by atoms with E-state index in [0.717, 1.165) is 37.9 Å². The third kappa shape index (κ3) is 2.87.